The maximum atomic E-state index is 13.1. The van der Waals surface area contributed by atoms with E-state index in [-0.39, 0.29) is 5.91 Å². The summed E-state index contributed by atoms with van der Waals surface area (Å²) in [6, 6.07) is 22.5. The van der Waals surface area contributed by atoms with E-state index in [1.54, 1.807) is 34.6 Å². The molecule has 2 heterocycles. The first-order chi connectivity index (χ1) is 13.8. The van der Waals surface area contributed by atoms with Gasteiger partial charge in [-0.3, -0.25) is 4.79 Å². The SMILES string of the molecule is O=C(c1ccc(Oc2ccccc2)cc1)N(Cc1ccsc1)Cc1ccco1. The molecule has 4 aromatic rings. The van der Waals surface area contributed by atoms with Gasteiger partial charge in [0.1, 0.15) is 17.3 Å². The Labute approximate surface area is 167 Å². The van der Waals surface area contributed by atoms with Crippen molar-refractivity contribution in [2.24, 2.45) is 0 Å². The molecule has 140 valence electrons. The fraction of sp³-hybridized carbons (Fsp3) is 0.0870. The minimum atomic E-state index is -0.0474. The molecule has 1 amide bonds. The van der Waals surface area contributed by atoms with E-state index in [4.69, 9.17) is 9.15 Å². The molecular weight excluding hydrogens is 370 g/mol. The fourth-order valence-electron chi connectivity index (χ4n) is 2.87. The van der Waals surface area contributed by atoms with Crippen LogP contribution in [0.3, 0.4) is 0 Å². The lowest BCUT2D eigenvalue weighted by Crippen LogP contribution is -2.29. The number of hydrogen-bond acceptors (Lipinski definition) is 4. The molecule has 0 aliphatic heterocycles. The molecule has 5 heteroatoms. The average Bonchev–Trinajstić information content (AvgIpc) is 3.43. The summed E-state index contributed by atoms with van der Waals surface area (Å²) in [6.45, 7) is 0.954. The third-order valence-corrected chi connectivity index (χ3v) is 4.98. The van der Waals surface area contributed by atoms with Gasteiger partial charge in [-0.25, -0.2) is 0 Å². The highest BCUT2D eigenvalue weighted by Crippen LogP contribution is 2.22. The summed E-state index contributed by atoms with van der Waals surface area (Å²) >= 11 is 1.62. The molecule has 2 aromatic heterocycles. The number of rotatable bonds is 7. The third kappa shape index (κ3) is 4.50. The van der Waals surface area contributed by atoms with Crippen LogP contribution in [-0.4, -0.2) is 10.8 Å². The van der Waals surface area contributed by atoms with Crippen molar-refractivity contribution in [3.05, 3.63) is 107 Å². The van der Waals surface area contributed by atoms with Gasteiger partial charge in [-0.05, 0) is 70.9 Å². The lowest BCUT2D eigenvalue weighted by molar-refractivity contribution is 0.0718. The minimum Gasteiger partial charge on any atom is -0.467 e. The smallest absolute Gasteiger partial charge is 0.254 e. The summed E-state index contributed by atoms with van der Waals surface area (Å²) in [5.41, 5.74) is 1.72. The van der Waals surface area contributed by atoms with Crippen molar-refractivity contribution in [2.45, 2.75) is 13.1 Å². The van der Waals surface area contributed by atoms with E-state index in [1.165, 1.54) is 0 Å². The monoisotopic (exact) mass is 389 g/mol. The fourth-order valence-corrected chi connectivity index (χ4v) is 3.53. The molecule has 4 nitrogen and oxygen atoms in total. The van der Waals surface area contributed by atoms with Gasteiger partial charge in [-0.2, -0.15) is 11.3 Å². The van der Waals surface area contributed by atoms with E-state index in [1.807, 2.05) is 66.0 Å². The van der Waals surface area contributed by atoms with Crippen molar-refractivity contribution >= 4 is 17.2 Å². The molecule has 0 unspecified atom stereocenters. The second-order valence-corrected chi connectivity index (χ2v) is 7.09. The standard InChI is InChI=1S/C23H19NO3S/c25-23(19-8-10-21(11-9-19)27-20-5-2-1-3-6-20)24(15-18-12-14-28-17-18)16-22-7-4-13-26-22/h1-14,17H,15-16H2. The van der Waals surface area contributed by atoms with Crippen molar-refractivity contribution in [3.63, 3.8) is 0 Å². The first-order valence-electron chi connectivity index (χ1n) is 8.93. The zero-order chi connectivity index (χ0) is 19.2. The molecule has 0 saturated carbocycles. The maximum absolute atomic E-state index is 13.1. The molecule has 0 spiro atoms. The molecule has 0 saturated heterocycles. The Morgan fingerprint density at radius 1 is 0.893 bits per heavy atom. The van der Waals surface area contributed by atoms with E-state index in [2.05, 4.69) is 5.38 Å². The van der Waals surface area contributed by atoms with Gasteiger partial charge in [0.05, 0.1) is 12.8 Å². The van der Waals surface area contributed by atoms with Crippen molar-refractivity contribution in [2.75, 3.05) is 0 Å². The predicted molar refractivity (Wildman–Crippen MR) is 110 cm³/mol. The third-order valence-electron chi connectivity index (χ3n) is 4.25. The molecule has 4 rings (SSSR count). The van der Waals surface area contributed by atoms with Crippen LogP contribution < -0.4 is 4.74 Å². The van der Waals surface area contributed by atoms with E-state index >= 15 is 0 Å². The van der Waals surface area contributed by atoms with Crippen LogP contribution >= 0.6 is 11.3 Å². The van der Waals surface area contributed by atoms with Crippen LogP contribution in [-0.2, 0) is 13.1 Å². The van der Waals surface area contributed by atoms with Crippen LogP contribution in [0.2, 0.25) is 0 Å². The summed E-state index contributed by atoms with van der Waals surface area (Å²) in [5.74, 6) is 2.16. The lowest BCUT2D eigenvalue weighted by Gasteiger charge is -2.21. The van der Waals surface area contributed by atoms with E-state index in [9.17, 15) is 4.79 Å². The van der Waals surface area contributed by atoms with Crippen molar-refractivity contribution in [3.8, 4) is 11.5 Å². The predicted octanol–water partition coefficient (Wildman–Crippen LogP) is 5.98. The number of amides is 1. The van der Waals surface area contributed by atoms with Gasteiger partial charge in [0.25, 0.3) is 5.91 Å². The molecule has 0 fully saturated rings. The number of furan rings is 1. The Morgan fingerprint density at radius 3 is 2.36 bits per heavy atom. The maximum Gasteiger partial charge on any atom is 0.254 e. The number of ether oxygens (including phenoxy) is 1. The summed E-state index contributed by atoms with van der Waals surface area (Å²) in [6.07, 6.45) is 1.62. The van der Waals surface area contributed by atoms with E-state index < -0.39 is 0 Å². The molecule has 28 heavy (non-hydrogen) atoms. The van der Waals surface area contributed by atoms with Gasteiger partial charge >= 0.3 is 0 Å². The van der Waals surface area contributed by atoms with Crippen LogP contribution in [0.15, 0.2) is 94.2 Å². The Kier molecular flexibility index (Phi) is 5.54. The normalized spacial score (nSPS) is 10.6. The van der Waals surface area contributed by atoms with Crippen molar-refractivity contribution in [1.82, 2.24) is 4.90 Å². The Bertz CT molecular complexity index is 958. The zero-order valence-electron chi connectivity index (χ0n) is 15.2. The summed E-state index contributed by atoms with van der Waals surface area (Å²) in [4.78, 5) is 14.9. The molecule has 0 aliphatic carbocycles. The van der Waals surface area contributed by atoms with Crippen molar-refractivity contribution in [1.29, 1.82) is 0 Å². The number of carbonyl (C=O) groups excluding carboxylic acids is 1. The molecule has 0 N–H and O–H groups in total. The molecular formula is C23H19NO3S. The number of benzene rings is 2. The quantitative estimate of drug-likeness (QED) is 0.391. The first kappa shape index (κ1) is 18.1. The van der Waals surface area contributed by atoms with Gasteiger partial charge in [0.2, 0.25) is 0 Å². The second-order valence-electron chi connectivity index (χ2n) is 6.31. The molecule has 0 atom stereocenters. The van der Waals surface area contributed by atoms with E-state index in [0.29, 0.717) is 24.4 Å². The Hall–Kier alpha value is -3.31. The number of thiophene rings is 1. The van der Waals surface area contributed by atoms with E-state index in [0.717, 1.165) is 17.1 Å². The molecule has 2 aromatic carbocycles. The van der Waals surface area contributed by atoms with Crippen LogP contribution in [0.4, 0.5) is 0 Å². The first-order valence-corrected chi connectivity index (χ1v) is 9.88. The average molecular weight is 389 g/mol. The number of hydrogen-bond donors (Lipinski definition) is 0. The summed E-state index contributed by atoms with van der Waals surface area (Å²) in [7, 11) is 0. The van der Waals surface area contributed by atoms with Crippen LogP contribution in [0.25, 0.3) is 0 Å². The number of nitrogens with zero attached hydrogens (tertiary/aromatic N) is 1. The van der Waals surface area contributed by atoms with Crippen LogP contribution in [0.1, 0.15) is 21.7 Å². The molecule has 0 radical (unpaired) electrons. The topological polar surface area (TPSA) is 42.7 Å². The highest BCUT2D eigenvalue weighted by molar-refractivity contribution is 7.07. The second kappa shape index (κ2) is 8.59. The van der Waals surface area contributed by atoms with Gasteiger partial charge in [-0.1, -0.05) is 18.2 Å². The summed E-state index contributed by atoms with van der Waals surface area (Å²) < 4.78 is 11.2. The van der Waals surface area contributed by atoms with Gasteiger partial charge in [-0.15, -0.1) is 0 Å². The number of para-hydroxylation sites is 1. The highest BCUT2D eigenvalue weighted by Gasteiger charge is 2.18. The number of carbonyl (C=O) groups is 1. The Balaban J connectivity index is 1.50. The lowest BCUT2D eigenvalue weighted by atomic mass is 10.1. The zero-order valence-corrected chi connectivity index (χ0v) is 16.0. The summed E-state index contributed by atoms with van der Waals surface area (Å²) in [5, 5.41) is 4.07. The largest absolute Gasteiger partial charge is 0.467 e. The van der Waals surface area contributed by atoms with Gasteiger partial charge in [0.15, 0.2) is 0 Å². The van der Waals surface area contributed by atoms with Gasteiger partial charge < -0.3 is 14.1 Å². The Morgan fingerprint density at radius 2 is 1.68 bits per heavy atom. The highest BCUT2D eigenvalue weighted by atomic mass is 32.1. The minimum absolute atomic E-state index is 0.0474. The molecule has 0 aliphatic rings. The van der Waals surface area contributed by atoms with Gasteiger partial charge in [0, 0.05) is 12.1 Å². The van der Waals surface area contributed by atoms with Crippen LogP contribution in [0.5, 0.6) is 11.5 Å². The molecule has 0 bridgehead atoms. The van der Waals surface area contributed by atoms with Crippen molar-refractivity contribution < 1.29 is 13.9 Å². The van der Waals surface area contributed by atoms with Crippen LogP contribution in [0, 0.1) is 0 Å².